The highest BCUT2D eigenvalue weighted by Gasteiger charge is 2.32. The summed E-state index contributed by atoms with van der Waals surface area (Å²) in [6.45, 7) is 3.16. The molecule has 6 rings (SSSR count). The first-order chi connectivity index (χ1) is 18.8. The number of rotatable bonds is 5. The van der Waals surface area contributed by atoms with E-state index in [1.54, 1.807) is 24.5 Å². The number of alkyl halides is 3. The molecule has 0 atom stereocenters. The second kappa shape index (κ2) is 9.58. The molecule has 13 heteroatoms. The zero-order valence-electron chi connectivity index (χ0n) is 20.3. The van der Waals surface area contributed by atoms with Gasteiger partial charge in [-0.05, 0) is 48.4 Å². The van der Waals surface area contributed by atoms with E-state index in [0.29, 0.717) is 29.9 Å². The maximum absolute atomic E-state index is 13.1. The molecule has 0 fully saturated rings. The fourth-order valence-corrected chi connectivity index (χ4v) is 4.88. The van der Waals surface area contributed by atoms with Gasteiger partial charge in [-0.1, -0.05) is 6.07 Å². The second-order valence-electron chi connectivity index (χ2n) is 8.76. The number of anilines is 4. The summed E-state index contributed by atoms with van der Waals surface area (Å²) >= 11 is 1.44. The third-order valence-electron chi connectivity index (χ3n) is 6.19. The molecule has 9 nitrogen and oxygen atoms in total. The number of hydrogen-bond donors (Lipinski definition) is 2. The molecule has 0 saturated carbocycles. The highest BCUT2D eigenvalue weighted by atomic mass is 32.1. The standard InChI is InChI=1S/C26H19F3N8OS/c1-14-2-3-17(34-23(38)20-11-16(4-5-30-20)26(27,28)29)12-18(14)19-10-15-13-33-24(36-25-32-7-9-39-25)35-21(15)37-8-6-31-22(19)37/h2-5,7,9-13H,6,8H2,1H3,(H,34,38)(H,32,33,35,36). The van der Waals surface area contributed by atoms with Crippen molar-refractivity contribution in [3.8, 4) is 0 Å². The lowest BCUT2D eigenvalue weighted by molar-refractivity contribution is -0.137. The van der Waals surface area contributed by atoms with Crippen molar-refractivity contribution in [1.29, 1.82) is 0 Å². The molecule has 0 bridgehead atoms. The molecule has 1 aromatic carbocycles. The molecule has 5 heterocycles. The third kappa shape index (κ3) is 4.83. The number of amidine groups is 1. The van der Waals surface area contributed by atoms with E-state index in [2.05, 4.69) is 25.6 Å². The van der Waals surface area contributed by atoms with Crippen LogP contribution in [-0.4, -0.2) is 44.8 Å². The van der Waals surface area contributed by atoms with Crippen LogP contribution in [0.5, 0.6) is 0 Å². The number of thiazole rings is 1. The van der Waals surface area contributed by atoms with Gasteiger partial charge in [-0.3, -0.25) is 20.1 Å². The molecule has 2 aliphatic rings. The van der Waals surface area contributed by atoms with Crippen LogP contribution in [0.25, 0.3) is 11.6 Å². The van der Waals surface area contributed by atoms with E-state index in [4.69, 9.17) is 9.98 Å². The Morgan fingerprint density at radius 3 is 2.77 bits per heavy atom. The maximum Gasteiger partial charge on any atom is 0.416 e. The molecule has 2 aliphatic heterocycles. The van der Waals surface area contributed by atoms with Gasteiger partial charge < -0.3 is 10.2 Å². The fraction of sp³-hybridized carbons (Fsp3) is 0.154. The lowest BCUT2D eigenvalue weighted by Gasteiger charge is -2.28. The predicted molar refractivity (Wildman–Crippen MR) is 143 cm³/mol. The highest BCUT2D eigenvalue weighted by molar-refractivity contribution is 7.13. The molecule has 0 spiro atoms. The number of nitrogens with one attached hydrogen (secondary N) is 2. The molecule has 2 N–H and O–H groups in total. The summed E-state index contributed by atoms with van der Waals surface area (Å²) in [5.41, 5.74) is 2.51. The Morgan fingerprint density at radius 1 is 1.10 bits per heavy atom. The van der Waals surface area contributed by atoms with E-state index < -0.39 is 17.6 Å². The largest absolute Gasteiger partial charge is 0.416 e. The van der Waals surface area contributed by atoms with E-state index >= 15 is 0 Å². The van der Waals surface area contributed by atoms with Crippen LogP contribution < -0.4 is 15.5 Å². The van der Waals surface area contributed by atoms with E-state index in [1.807, 2.05) is 29.3 Å². The van der Waals surface area contributed by atoms with E-state index in [-0.39, 0.29) is 5.69 Å². The molecule has 0 aliphatic carbocycles. The molecule has 196 valence electrons. The lowest BCUT2D eigenvalue weighted by Crippen LogP contribution is -2.32. The van der Waals surface area contributed by atoms with Crippen LogP contribution in [0.3, 0.4) is 0 Å². The molecular weight excluding hydrogens is 529 g/mol. The smallest absolute Gasteiger partial charge is 0.321 e. The summed E-state index contributed by atoms with van der Waals surface area (Å²) in [7, 11) is 0. The fourth-order valence-electron chi connectivity index (χ4n) is 4.36. The average molecular weight is 549 g/mol. The van der Waals surface area contributed by atoms with Gasteiger partial charge in [0.05, 0.1) is 12.1 Å². The van der Waals surface area contributed by atoms with Crippen LogP contribution in [0.15, 0.2) is 59.3 Å². The topological polar surface area (TPSA) is 108 Å². The zero-order valence-corrected chi connectivity index (χ0v) is 21.1. The van der Waals surface area contributed by atoms with E-state index in [0.717, 1.165) is 52.2 Å². The number of fused-ring (bicyclic) bond motifs is 3. The monoisotopic (exact) mass is 548 g/mol. The summed E-state index contributed by atoms with van der Waals surface area (Å²) in [6, 6.07) is 6.85. The molecule has 0 radical (unpaired) electrons. The van der Waals surface area contributed by atoms with Crippen LogP contribution in [0.1, 0.15) is 32.7 Å². The Kier molecular flexibility index (Phi) is 6.06. The average Bonchev–Trinajstić information content (AvgIpc) is 3.62. The summed E-state index contributed by atoms with van der Waals surface area (Å²) in [5, 5.41) is 8.31. The zero-order chi connectivity index (χ0) is 27.1. The van der Waals surface area contributed by atoms with Crippen LogP contribution in [0.2, 0.25) is 0 Å². The van der Waals surface area contributed by atoms with Crippen molar-refractivity contribution in [1.82, 2.24) is 19.9 Å². The van der Waals surface area contributed by atoms with Crippen molar-refractivity contribution in [3.63, 3.8) is 0 Å². The number of aliphatic imine (C=N–C) groups is 1. The number of benzene rings is 1. The number of carbonyl (C=O) groups is 1. The van der Waals surface area contributed by atoms with Crippen LogP contribution in [-0.2, 0) is 6.18 Å². The van der Waals surface area contributed by atoms with Crippen LogP contribution in [0, 0.1) is 6.92 Å². The predicted octanol–water partition coefficient (Wildman–Crippen LogP) is 5.42. The summed E-state index contributed by atoms with van der Waals surface area (Å²) in [4.78, 5) is 36.6. The van der Waals surface area contributed by atoms with Crippen molar-refractivity contribution in [2.75, 3.05) is 28.6 Å². The second-order valence-corrected chi connectivity index (χ2v) is 9.66. The van der Waals surface area contributed by atoms with Gasteiger partial charge in [0, 0.05) is 47.3 Å². The van der Waals surface area contributed by atoms with Gasteiger partial charge in [0.25, 0.3) is 5.91 Å². The number of amides is 1. The highest BCUT2D eigenvalue weighted by Crippen LogP contribution is 2.37. The van der Waals surface area contributed by atoms with Gasteiger partial charge in [0.2, 0.25) is 5.95 Å². The minimum Gasteiger partial charge on any atom is -0.321 e. The minimum atomic E-state index is -4.58. The first kappa shape index (κ1) is 24.7. The summed E-state index contributed by atoms with van der Waals surface area (Å²) in [5.74, 6) is 1.15. The SMILES string of the molecule is Cc1ccc(NC(=O)c2cc(C(F)(F)F)ccn2)cc1C1=Cc2cnc(Nc3nccs3)nc2N2CCN=C12. The quantitative estimate of drug-likeness (QED) is 0.343. The molecule has 4 aromatic rings. The number of halogens is 3. The number of carbonyl (C=O) groups excluding carboxylic acids is 1. The summed E-state index contributed by atoms with van der Waals surface area (Å²) in [6.07, 6.45) is 1.77. The van der Waals surface area contributed by atoms with Gasteiger partial charge in [-0.15, -0.1) is 11.3 Å². The molecule has 39 heavy (non-hydrogen) atoms. The van der Waals surface area contributed by atoms with Gasteiger partial charge in [0.1, 0.15) is 17.3 Å². The van der Waals surface area contributed by atoms with Crippen LogP contribution >= 0.6 is 11.3 Å². The van der Waals surface area contributed by atoms with Crippen molar-refractivity contribution >= 4 is 57.3 Å². The number of aromatic nitrogens is 4. The van der Waals surface area contributed by atoms with Gasteiger partial charge in [-0.2, -0.15) is 18.2 Å². The van der Waals surface area contributed by atoms with Crippen molar-refractivity contribution in [2.45, 2.75) is 13.1 Å². The van der Waals surface area contributed by atoms with Gasteiger partial charge in [-0.25, -0.2) is 9.97 Å². The molecule has 0 unspecified atom stereocenters. The molecule has 1 amide bonds. The van der Waals surface area contributed by atoms with Crippen LogP contribution in [0.4, 0.5) is 35.8 Å². The molecule has 0 saturated heterocycles. The summed E-state index contributed by atoms with van der Waals surface area (Å²) < 4.78 is 39.3. The van der Waals surface area contributed by atoms with Gasteiger partial charge >= 0.3 is 6.18 Å². The van der Waals surface area contributed by atoms with E-state index in [9.17, 15) is 18.0 Å². The van der Waals surface area contributed by atoms with Crippen molar-refractivity contribution < 1.29 is 18.0 Å². The van der Waals surface area contributed by atoms with Crippen molar-refractivity contribution in [3.05, 3.63) is 82.3 Å². The first-order valence-corrected chi connectivity index (χ1v) is 12.7. The Bertz CT molecular complexity index is 1650. The number of pyridine rings is 1. The Labute approximate surface area is 224 Å². The number of hydrogen-bond acceptors (Lipinski definition) is 9. The minimum absolute atomic E-state index is 0.330. The Morgan fingerprint density at radius 2 is 1.97 bits per heavy atom. The normalized spacial score (nSPS) is 14.3. The van der Waals surface area contributed by atoms with Gasteiger partial charge in [0.15, 0.2) is 5.13 Å². The lowest BCUT2D eigenvalue weighted by atomic mass is 9.94. The van der Waals surface area contributed by atoms with Crippen molar-refractivity contribution in [2.24, 2.45) is 4.99 Å². The molecule has 3 aromatic heterocycles. The first-order valence-electron chi connectivity index (χ1n) is 11.8. The third-order valence-corrected chi connectivity index (χ3v) is 6.88. The Hall–Kier alpha value is -4.65. The number of nitrogens with zero attached hydrogens (tertiary/aromatic N) is 6. The van der Waals surface area contributed by atoms with E-state index in [1.165, 1.54) is 11.3 Å². The molecular formula is C26H19F3N8OS. The number of aryl methyl sites for hydroxylation is 1. The maximum atomic E-state index is 13.1. The Balaban J connectivity index is 1.31.